The number of rotatable bonds is 8. The van der Waals surface area contributed by atoms with E-state index in [0.717, 1.165) is 0 Å². The normalized spacial score (nSPS) is 12.4. The molecule has 2 nitrogen and oxygen atoms in total. The van der Waals surface area contributed by atoms with E-state index in [4.69, 9.17) is 4.74 Å². The molecule has 0 atom stereocenters. The molecule has 0 aromatic carbocycles. The molecule has 15 heavy (non-hydrogen) atoms. The quantitative estimate of drug-likeness (QED) is 0.504. The average Bonchev–Trinajstić information content (AvgIpc) is 2.10. The Morgan fingerprint density at radius 2 is 1.93 bits per heavy atom. The molecule has 0 fully saturated rings. The SMILES string of the molecule is CCOCCCN(CCBr)CC(F)(F)F. The van der Waals surface area contributed by atoms with Crippen molar-refractivity contribution in [1.29, 1.82) is 0 Å². The molecule has 0 aromatic heterocycles. The molecule has 92 valence electrons. The second-order valence-corrected chi connectivity index (χ2v) is 3.92. The van der Waals surface area contributed by atoms with Crippen LogP contribution in [0.1, 0.15) is 13.3 Å². The molecule has 0 unspecified atom stereocenters. The van der Waals surface area contributed by atoms with Gasteiger partial charge in [0.25, 0.3) is 0 Å². The molecular weight excluding hydrogens is 275 g/mol. The van der Waals surface area contributed by atoms with Gasteiger partial charge in [0, 0.05) is 31.6 Å². The van der Waals surface area contributed by atoms with Crippen molar-refractivity contribution in [2.45, 2.75) is 19.5 Å². The third-order valence-corrected chi connectivity index (χ3v) is 2.13. The van der Waals surface area contributed by atoms with Gasteiger partial charge in [0.2, 0.25) is 0 Å². The van der Waals surface area contributed by atoms with Crippen molar-refractivity contribution in [1.82, 2.24) is 4.90 Å². The van der Waals surface area contributed by atoms with E-state index in [9.17, 15) is 13.2 Å². The molecule has 0 amide bonds. The average molecular weight is 292 g/mol. The highest BCUT2D eigenvalue weighted by Gasteiger charge is 2.30. The third kappa shape index (κ3) is 10.5. The van der Waals surface area contributed by atoms with Crippen LogP contribution in [0, 0.1) is 0 Å². The van der Waals surface area contributed by atoms with Crippen molar-refractivity contribution < 1.29 is 17.9 Å². The van der Waals surface area contributed by atoms with Crippen molar-refractivity contribution in [2.75, 3.05) is 38.2 Å². The number of ether oxygens (including phenoxy) is 1. The van der Waals surface area contributed by atoms with E-state index < -0.39 is 12.7 Å². The standard InChI is InChI=1S/C9H17BrF3NO/c1-2-15-7-3-5-14(6-4-10)8-9(11,12)13/h2-8H2,1H3. The highest BCUT2D eigenvalue weighted by Crippen LogP contribution is 2.16. The molecule has 0 N–H and O–H groups in total. The van der Waals surface area contributed by atoms with E-state index in [1.54, 1.807) is 0 Å². The first-order valence-corrected chi connectivity index (χ1v) is 6.04. The zero-order valence-corrected chi connectivity index (χ0v) is 10.4. The van der Waals surface area contributed by atoms with E-state index in [1.807, 2.05) is 6.92 Å². The zero-order valence-electron chi connectivity index (χ0n) is 8.82. The number of hydrogen-bond donors (Lipinski definition) is 0. The van der Waals surface area contributed by atoms with Crippen LogP contribution in [-0.2, 0) is 4.74 Å². The van der Waals surface area contributed by atoms with Crippen LogP contribution in [0.2, 0.25) is 0 Å². The van der Waals surface area contributed by atoms with Gasteiger partial charge in [-0.15, -0.1) is 0 Å². The lowest BCUT2D eigenvalue weighted by atomic mass is 10.4. The van der Waals surface area contributed by atoms with Gasteiger partial charge in [0.15, 0.2) is 0 Å². The predicted molar refractivity (Wildman–Crippen MR) is 57.4 cm³/mol. The first-order valence-electron chi connectivity index (χ1n) is 4.92. The smallest absolute Gasteiger partial charge is 0.382 e. The van der Waals surface area contributed by atoms with Gasteiger partial charge in [0.1, 0.15) is 0 Å². The van der Waals surface area contributed by atoms with Crippen LogP contribution >= 0.6 is 15.9 Å². The Kier molecular flexibility index (Phi) is 8.46. The maximum absolute atomic E-state index is 12.1. The van der Waals surface area contributed by atoms with Gasteiger partial charge in [-0.2, -0.15) is 13.2 Å². The number of halogens is 4. The fraction of sp³-hybridized carbons (Fsp3) is 1.00. The Balaban J connectivity index is 3.73. The summed E-state index contributed by atoms with van der Waals surface area (Å²) in [5.41, 5.74) is 0. The van der Waals surface area contributed by atoms with Crippen molar-refractivity contribution >= 4 is 15.9 Å². The minimum absolute atomic E-state index is 0.408. The van der Waals surface area contributed by atoms with E-state index in [0.29, 0.717) is 38.1 Å². The number of nitrogens with zero attached hydrogens (tertiary/aromatic N) is 1. The second-order valence-electron chi connectivity index (χ2n) is 3.13. The summed E-state index contributed by atoms with van der Waals surface area (Å²) < 4.78 is 41.4. The van der Waals surface area contributed by atoms with Crippen LogP contribution in [0.4, 0.5) is 13.2 Å². The summed E-state index contributed by atoms with van der Waals surface area (Å²) in [6, 6.07) is 0. The highest BCUT2D eigenvalue weighted by molar-refractivity contribution is 9.09. The highest BCUT2D eigenvalue weighted by atomic mass is 79.9. The molecule has 0 aliphatic heterocycles. The van der Waals surface area contributed by atoms with Gasteiger partial charge in [-0.1, -0.05) is 15.9 Å². The summed E-state index contributed by atoms with van der Waals surface area (Å²) in [7, 11) is 0. The van der Waals surface area contributed by atoms with Crippen LogP contribution in [0.3, 0.4) is 0 Å². The number of hydrogen-bond acceptors (Lipinski definition) is 2. The summed E-state index contributed by atoms with van der Waals surface area (Å²) >= 11 is 3.14. The lowest BCUT2D eigenvalue weighted by molar-refractivity contribution is -0.145. The van der Waals surface area contributed by atoms with E-state index in [-0.39, 0.29) is 0 Å². The summed E-state index contributed by atoms with van der Waals surface area (Å²) in [5.74, 6) is 0. The maximum atomic E-state index is 12.1. The topological polar surface area (TPSA) is 12.5 Å². The van der Waals surface area contributed by atoms with Gasteiger partial charge in [-0.3, -0.25) is 4.90 Å². The predicted octanol–water partition coefficient (Wildman–Crippen LogP) is 2.67. The Hall–Kier alpha value is 0.190. The maximum Gasteiger partial charge on any atom is 0.401 e. The fourth-order valence-electron chi connectivity index (χ4n) is 1.18. The van der Waals surface area contributed by atoms with Crippen molar-refractivity contribution in [2.24, 2.45) is 0 Å². The lowest BCUT2D eigenvalue weighted by Gasteiger charge is -2.22. The molecule has 0 heterocycles. The molecule has 0 aliphatic carbocycles. The first kappa shape index (κ1) is 15.2. The van der Waals surface area contributed by atoms with Gasteiger partial charge in [-0.05, 0) is 13.3 Å². The summed E-state index contributed by atoms with van der Waals surface area (Å²) in [5, 5.41) is 0.553. The van der Waals surface area contributed by atoms with Crippen molar-refractivity contribution in [3.63, 3.8) is 0 Å². The van der Waals surface area contributed by atoms with Gasteiger partial charge >= 0.3 is 6.18 Å². The molecule has 0 aromatic rings. The molecule has 6 heteroatoms. The summed E-state index contributed by atoms with van der Waals surface area (Å²) in [4.78, 5) is 1.38. The molecule has 0 spiro atoms. The van der Waals surface area contributed by atoms with Gasteiger partial charge < -0.3 is 4.74 Å². The van der Waals surface area contributed by atoms with Crippen molar-refractivity contribution in [3.05, 3.63) is 0 Å². The minimum Gasteiger partial charge on any atom is -0.382 e. The largest absolute Gasteiger partial charge is 0.401 e. The van der Waals surface area contributed by atoms with Crippen LogP contribution in [0.15, 0.2) is 0 Å². The zero-order chi connectivity index (χ0) is 11.7. The monoisotopic (exact) mass is 291 g/mol. The molecule has 0 saturated heterocycles. The van der Waals surface area contributed by atoms with E-state index in [1.165, 1.54) is 4.90 Å². The van der Waals surface area contributed by atoms with E-state index >= 15 is 0 Å². The van der Waals surface area contributed by atoms with Crippen LogP contribution in [-0.4, -0.2) is 49.3 Å². The molecule has 0 saturated carbocycles. The summed E-state index contributed by atoms with van der Waals surface area (Å²) in [6.45, 7) is 2.98. The van der Waals surface area contributed by atoms with Crippen LogP contribution < -0.4 is 0 Å². The molecule has 0 aliphatic rings. The Morgan fingerprint density at radius 3 is 2.40 bits per heavy atom. The Bertz CT molecular complexity index is 155. The van der Waals surface area contributed by atoms with Gasteiger partial charge in [-0.25, -0.2) is 0 Å². The third-order valence-electron chi connectivity index (χ3n) is 1.77. The Morgan fingerprint density at radius 1 is 1.27 bits per heavy atom. The van der Waals surface area contributed by atoms with Crippen LogP contribution in [0.5, 0.6) is 0 Å². The lowest BCUT2D eigenvalue weighted by Crippen LogP contribution is -2.36. The number of alkyl halides is 4. The van der Waals surface area contributed by atoms with Crippen LogP contribution in [0.25, 0.3) is 0 Å². The molecule has 0 rings (SSSR count). The fourth-order valence-corrected chi connectivity index (χ4v) is 1.68. The molecular formula is C9H17BrF3NO. The Labute approximate surface area is 96.9 Å². The minimum atomic E-state index is -4.12. The molecule has 0 bridgehead atoms. The van der Waals surface area contributed by atoms with Gasteiger partial charge in [0.05, 0.1) is 6.54 Å². The van der Waals surface area contributed by atoms with Crippen molar-refractivity contribution in [3.8, 4) is 0 Å². The summed E-state index contributed by atoms with van der Waals surface area (Å²) in [6.07, 6.45) is -3.48. The molecule has 0 radical (unpaired) electrons. The first-order chi connectivity index (χ1) is 6.99. The van der Waals surface area contributed by atoms with E-state index in [2.05, 4.69) is 15.9 Å². The second kappa shape index (κ2) is 8.35.